The number of benzene rings is 3. The molecular weight excluding hydrogens is 389 g/mol. The second kappa shape index (κ2) is 9.77. The van der Waals surface area contributed by atoms with Crippen LogP contribution in [-0.4, -0.2) is 22.7 Å². The van der Waals surface area contributed by atoms with Gasteiger partial charge in [0.1, 0.15) is 5.82 Å². The Kier molecular flexibility index (Phi) is 6.89. The zero-order valence-electron chi connectivity index (χ0n) is 15.4. The predicted octanol–water partition coefficient (Wildman–Crippen LogP) is 4.10. The maximum absolute atomic E-state index is 13.7. The van der Waals surface area contributed by atoms with E-state index in [9.17, 15) is 14.3 Å². The maximum Gasteiger partial charge on any atom is 0.258 e. The summed E-state index contributed by atoms with van der Waals surface area (Å²) in [6.45, 7) is -0.104. The second-order valence-corrected chi connectivity index (χ2v) is 6.66. The summed E-state index contributed by atoms with van der Waals surface area (Å²) < 4.78 is 13.7. The molecule has 5 nitrogen and oxygen atoms in total. The number of anilines is 2. The monoisotopic (exact) mass is 409 g/mol. The summed E-state index contributed by atoms with van der Waals surface area (Å²) in [4.78, 5) is 12.2. The van der Waals surface area contributed by atoms with Crippen LogP contribution in [0.2, 0.25) is 0 Å². The Hall–Kier alpha value is -3.29. The van der Waals surface area contributed by atoms with Crippen molar-refractivity contribution in [2.75, 3.05) is 17.2 Å². The fourth-order valence-electron chi connectivity index (χ4n) is 2.73. The molecule has 7 heteroatoms. The minimum atomic E-state index is -0.573. The molecule has 0 fully saturated rings. The summed E-state index contributed by atoms with van der Waals surface area (Å²) >= 11 is 5.31. The molecule has 148 valence electrons. The van der Waals surface area contributed by atoms with Crippen molar-refractivity contribution in [1.82, 2.24) is 5.32 Å². The largest absolute Gasteiger partial charge is 0.394 e. The number of hydrogen-bond donors (Lipinski definition) is 4. The third kappa shape index (κ3) is 5.60. The number of nitrogens with one attached hydrogen (secondary N) is 3. The zero-order valence-corrected chi connectivity index (χ0v) is 16.2. The summed E-state index contributed by atoms with van der Waals surface area (Å²) in [6.07, 6.45) is 0. The number of carbonyl (C=O) groups excluding carboxylic acids is 1. The Labute approximate surface area is 173 Å². The minimum Gasteiger partial charge on any atom is -0.394 e. The number of amides is 1. The lowest BCUT2D eigenvalue weighted by Gasteiger charge is -2.19. The van der Waals surface area contributed by atoms with Crippen LogP contribution in [0.1, 0.15) is 22.0 Å². The third-order valence-corrected chi connectivity index (χ3v) is 4.43. The summed E-state index contributed by atoms with van der Waals surface area (Å²) in [7, 11) is 0. The smallest absolute Gasteiger partial charge is 0.258 e. The van der Waals surface area contributed by atoms with E-state index in [0.717, 1.165) is 5.56 Å². The number of aliphatic hydroxyl groups is 1. The average Bonchev–Trinajstić information content (AvgIpc) is 2.74. The molecule has 3 aromatic carbocycles. The van der Waals surface area contributed by atoms with Gasteiger partial charge in [-0.25, -0.2) is 4.39 Å². The molecule has 1 amide bonds. The van der Waals surface area contributed by atoms with Crippen LogP contribution in [0.5, 0.6) is 0 Å². The normalized spacial score (nSPS) is 11.4. The standard InChI is InChI=1S/C22H20FN3O2S/c23-19-9-5-4-8-18(19)21(28)24-16-10-12-17(13-11-16)25-22(29)26-20(14-27)15-6-2-1-3-7-15/h1-13,20,27H,14H2,(H,24,28)(H2,25,26,29). The summed E-state index contributed by atoms with van der Waals surface area (Å²) in [6, 6.07) is 21.8. The number of rotatable bonds is 6. The van der Waals surface area contributed by atoms with Crippen LogP contribution < -0.4 is 16.0 Å². The molecular formula is C22H20FN3O2S. The van der Waals surface area contributed by atoms with Crippen LogP contribution in [0.25, 0.3) is 0 Å². The highest BCUT2D eigenvalue weighted by atomic mass is 32.1. The van der Waals surface area contributed by atoms with Crippen LogP contribution in [0, 0.1) is 5.82 Å². The van der Waals surface area contributed by atoms with E-state index in [-0.39, 0.29) is 18.2 Å². The molecule has 0 bridgehead atoms. The van der Waals surface area contributed by atoms with Crippen molar-refractivity contribution in [2.24, 2.45) is 0 Å². The molecule has 4 N–H and O–H groups in total. The average molecular weight is 409 g/mol. The van der Waals surface area contributed by atoms with Crippen molar-refractivity contribution in [3.8, 4) is 0 Å². The minimum absolute atomic E-state index is 0.0176. The van der Waals surface area contributed by atoms with Gasteiger partial charge in [-0.2, -0.15) is 0 Å². The summed E-state index contributed by atoms with van der Waals surface area (Å²) in [5, 5.41) is 18.7. The first-order chi connectivity index (χ1) is 14.1. The Morgan fingerprint density at radius 2 is 1.48 bits per heavy atom. The highest BCUT2D eigenvalue weighted by Crippen LogP contribution is 2.17. The van der Waals surface area contributed by atoms with Crippen molar-refractivity contribution in [1.29, 1.82) is 0 Å². The lowest BCUT2D eigenvalue weighted by atomic mass is 10.1. The molecule has 0 radical (unpaired) electrons. The van der Waals surface area contributed by atoms with E-state index >= 15 is 0 Å². The van der Waals surface area contributed by atoms with Crippen LogP contribution in [0.15, 0.2) is 78.9 Å². The van der Waals surface area contributed by atoms with Crippen molar-refractivity contribution in [2.45, 2.75) is 6.04 Å². The first-order valence-electron chi connectivity index (χ1n) is 8.96. The lowest BCUT2D eigenvalue weighted by molar-refractivity contribution is 0.102. The van der Waals surface area contributed by atoms with E-state index in [1.807, 2.05) is 30.3 Å². The molecule has 0 aliphatic carbocycles. The second-order valence-electron chi connectivity index (χ2n) is 6.26. The first-order valence-corrected chi connectivity index (χ1v) is 9.37. The van der Waals surface area contributed by atoms with Crippen LogP contribution in [-0.2, 0) is 0 Å². The van der Waals surface area contributed by atoms with Crippen LogP contribution in [0.3, 0.4) is 0 Å². The molecule has 1 unspecified atom stereocenters. The molecule has 3 aromatic rings. The van der Waals surface area contributed by atoms with Gasteiger partial charge >= 0.3 is 0 Å². The number of aliphatic hydroxyl groups excluding tert-OH is 1. The molecule has 0 aliphatic heterocycles. The number of thiocarbonyl (C=S) groups is 1. The van der Waals surface area contributed by atoms with E-state index in [4.69, 9.17) is 12.2 Å². The predicted molar refractivity (Wildman–Crippen MR) is 116 cm³/mol. The fraction of sp³-hybridized carbons (Fsp3) is 0.0909. The highest BCUT2D eigenvalue weighted by molar-refractivity contribution is 7.80. The van der Waals surface area contributed by atoms with Gasteiger partial charge in [0.15, 0.2) is 5.11 Å². The van der Waals surface area contributed by atoms with Gasteiger partial charge in [-0.3, -0.25) is 4.79 Å². The SMILES string of the molecule is O=C(Nc1ccc(NC(=S)NC(CO)c2ccccc2)cc1)c1ccccc1F. The Bertz CT molecular complexity index is 981. The lowest BCUT2D eigenvalue weighted by Crippen LogP contribution is -2.34. The summed E-state index contributed by atoms with van der Waals surface area (Å²) in [5.41, 5.74) is 2.14. The van der Waals surface area contributed by atoms with E-state index < -0.39 is 11.7 Å². The molecule has 0 heterocycles. The van der Waals surface area contributed by atoms with Crippen LogP contribution in [0.4, 0.5) is 15.8 Å². The van der Waals surface area contributed by atoms with Gasteiger partial charge in [0, 0.05) is 11.4 Å². The maximum atomic E-state index is 13.7. The van der Waals surface area contributed by atoms with Gasteiger partial charge < -0.3 is 21.1 Å². The Morgan fingerprint density at radius 1 is 0.897 bits per heavy atom. The van der Waals surface area contributed by atoms with E-state index in [1.165, 1.54) is 18.2 Å². The molecule has 0 aromatic heterocycles. The van der Waals surface area contributed by atoms with E-state index in [2.05, 4.69) is 16.0 Å². The molecule has 0 saturated heterocycles. The van der Waals surface area contributed by atoms with Gasteiger partial charge in [-0.05, 0) is 54.2 Å². The van der Waals surface area contributed by atoms with Gasteiger partial charge in [-0.1, -0.05) is 42.5 Å². The molecule has 0 saturated carbocycles. The van der Waals surface area contributed by atoms with Crippen molar-refractivity contribution in [3.63, 3.8) is 0 Å². The topological polar surface area (TPSA) is 73.4 Å². The van der Waals surface area contributed by atoms with E-state index in [1.54, 1.807) is 30.3 Å². The van der Waals surface area contributed by atoms with Gasteiger partial charge in [0.2, 0.25) is 0 Å². The van der Waals surface area contributed by atoms with Crippen molar-refractivity contribution >= 4 is 34.6 Å². The first kappa shape index (κ1) is 20.4. The molecule has 0 aliphatic rings. The number of carbonyl (C=O) groups is 1. The fourth-order valence-corrected chi connectivity index (χ4v) is 2.99. The molecule has 29 heavy (non-hydrogen) atoms. The number of halogens is 1. The molecule has 3 rings (SSSR count). The third-order valence-electron chi connectivity index (χ3n) is 4.21. The number of hydrogen-bond acceptors (Lipinski definition) is 3. The van der Waals surface area contributed by atoms with Crippen molar-refractivity contribution in [3.05, 3.63) is 95.8 Å². The van der Waals surface area contributed by atoms with Gasteiger partial charge in [0.05, 0.1) is 18.2 Å². The Balaban J connectivity index is 1.58. The quantitative estimate of drug-likeness (QED) is 0.462. The van der Waals surface area contributed by atoms with Gasteiger partial charge in [-0.15, -0.1) is 0 Å². The zero-order chi connectivity index (χ0) is 20.6. The Morgan fingerprint density at radius 3 is 2.10 bits per heavy atom. The van der Waals surface area contributed by atoms with Gasteiger partial charge in [0.25, 0.3) is 5.91 Å². The van der Waals surface area contributed by atoms with E-state index in [0.29, 0.717) is 16.5 Å². The molecule has 0 spiro atoms. The van der Waals surface area contributed by atoms with Crippen LogP contribution >= 0.6 is 12.2 Å². The molecule has 1 atom stereocenters. The highest BCUT2D eigenvalue weighted by Gasteiger charge is 2.12. The summed E-state index contributed by atoms with van der Waals surface area (Å²) in [5.74, 6) is -1.09. The van der Waals surface area contributed by atoms with Crippen molar-refractivity contribution < 1.29 is 14.3 Å².